The Morgan fingerprint density at radius 2 is 1.68 bits per heavy atom. The van der Waals surface area contributed by atoms with Gasteiger partial charge >= 0.3 is 0 Å². The number of hydrogen-bond acceptors (Lipinski definition) is 3. The van der Waals surface area contributed by atoms with E-state index in [1.54, 1.807) is 12.1 Å². The first kappa shape index (κ1) is 19.4. The number of amides is 2. The van der Waals surface area contributed by atoms with Gasteiger partial charge in [0.25, 0.3) is 5.91 Å². The molecule has 1 fully saturated rings. The van der Waals surface area contributed by atoms with Crippen LogP contribution in [-0.4, -0.2) is 41.9 Å². The fourth-order valence-corrected chi connectivity index (χ4v) is 3.29. The second-order valence-electron chi connectivity index (χ2n) is 7.58. The van der Waals surface area contributed by atoms with Crippen LogP contribution in [-0.2, 0) is 4.79 Å². The fraction of sp³-hybridized carbons (Fsp3) is 0.600. The predicted octanol–water partition coefficient (Wildman–Crippen LogP) is 2.34. The van der Waals surface area contributed by atoms with Crippen molar-refractivity contribution in [3.63, 3.8) is 0 Å². The molecule has 1 aromatic rings. The van der Waals surface area contributed by atoms with Gasteiger partial charge in [-0.3, -0.25) is 9.59 Å². The molecule has 0 bridgehead atoms. The number of nitrogens with zero attached hydrogens (tertiary/aromatic N) is 1. The van der Waals surface area contributed by atoms with Crippen molar-refractivity contribution in [2.24, 2.45) is 17.6 Å². The van der Waals surface area contributed by atoms with Gasteiger partial charge < -0.3 is 16.0 Å². The number of carbonyl (C=O) groups excluding carboxylic acids is 2. The summed E-state index contributed by atoms with van der Waals surface area (Å²) < 4.78 is 0. The average Bonchev–Trinajstić information content (AvgIpc) is 2.59. The quantitative estimate of drug-likeness (QED) is 0.860. The summed E-state index contributed by atoms with van der Waals surface area (Å²) in [5.41, 5.74) is 7.66. The zero-order valence-electron chi connectivity index (χ0n) is 15.8. The first-order chi connectivity index (χ1) is 11.8. The molecule has 1 aromatic carbocycles. The number of benzene rings is 1. The molecule has 0 radical (unpaired) electrons. The summed E-state index contributed by atoms with van der Waals surface area (Å²) >= 11 is 0. The highest BCUT2D eigenvalue weighted by Gasteiger charge is 2.32. The second-order valence-corrected chi connectivity index (χ2v) is 7.58. The molecular weight excluding hydrogens is 314 g/mol. The average molecular weight is 345 g/mol. The lowest BCUT2D eigenvalue weighted by Crippen LogP contribution is -2.53. The fourth-order valence-electron chi connectivity index (χ4n) is 3.29. The zero-order valence-corrected chi connectivity index (χ0v) is 15.8. The van der Waals surface area contributed by atoms with Crippen LogP contribution >= 0.6 is 0 Å². The third kappa shape index (κ3) is 5.05. The lowest BCUT2D eigenvalue weighted by atomic mass is 9.90. The van der Waals surface area contributed by atoms with Crippen molar-refractivity contribution in [2.45, 2.75) is 52.6 Å². The van der Waals surface area contributed by atoms with Gasteiger partial charge in [0.2, 0.25) is 5.91 Å². The monoisotopic (exact) mass is 345 g/mol. The Morgan fingerprint density at radius 3 is 2.16 bits per heavy atom. The molecule has 2 atom stereocenters. The van der Waals surface area contributed by atoms with Crippen molar-refractivity contribution in [3.8, 4) is 0 Å². The van der Waals surface area contributed by atoms with Crippen molar-refractivity contribution >= 4 is 11.8 Å². The van der Waals surface area contributed by atoms with Crippen molar-refractivity contribution in [1.82, 2.24) is 10.2 Å². The molecule has 25 heavy (non-hydrogen) atoms. The van der Waals surface area contributed by atoms with Crippen LogP contribution in [0, 0.1) is 18.8 Å². The summed E-state index contributed by atoms with van der Waals surface area (Å²) in [6.45, 7) is 9.37. The van der Waals surface area contributed by atoms with E-state index in [0.717, 1.165) is 18.4 Å². The van der Waals surface area contributed by atoms with E-state index in [-0.39, 0.29) is 23.8 Å². The molecule has 3 N–H and O–H groups in total. The first-order valence-corrected chi connectivity index (χ1v) is 9.21. The van der Waals surface area contributed by atoms with E-state index in [0.29, 0.717) is 24.6 Å². The molecule has 1 saturated heterocycles. The summed E-state index contributed by atoms with van der Waals surface area (Å²) in [4.78, 5) is 27.3. The number of likely N-dealkylation sites (tertiary alicyclic amines) is 1. The molecule has 2 amide bonds. The van der Waals surface area contributed by atoms with Crippen molar-refractivity contribution < 1.29 is 9.59 Å². The Hall–Kier alpha value is -1.88. The molecule has 0 aliphatic carbocycles. The van der Waals surface area contributed by atoms with Gasteiger partial charge in [0.1, 0.15) is 6.04 Å². The zero-order chi connectivity index (χ0) is 18.6. The van der Waals surface area contributed by atoms with Gasteiger partial charge in [-0.05, 0) is 50.7 Å². The highest BCUT2D eigenvalue weighted by Crippen LogP contribution is 2.21. The number of piperidine rings is 1. The highest BCUT2D eigenvalue weighted by atomic mass is 16.2. The maximum atomic E-state index is 12.9. The Bertz CT molecular complexity index is 587. The number of hydrogen-bond donors (Lipinski definition) is 2. The van der Waals surface area contributed by atoms with Gasteiger partial charge in [-0.25, -0.2) is 0 Å². The Balaban J connectivity index is 2.01. The van der Waals surface area contributed by atoms with Gasteiger partial charge in [0.05, 0.1) is 0 Å². The van der Waals surface area contributed by atoms with Crippen LogP contribution in [0.2, 0.25) is 0 Å². The molecule has 5 nitrogen and oxygen atoms in total. The SMILES string of the molecule is Cc1ccc(C(=O)NC(C(=O)N2CCC(C(C)N)CC2)C(C)C)cc1. The summed E-state index contributed by atoms with van der Waals surface area (Å²) in [5.74, 6) is 0.327. The molecule has 1 heterocycles. The van der Waals surface area contributed by atoms with E-state index in [1.165, 1.54) is 0 Å². The number of nitrogens with two attached hydrogens (primary N) is 1. The van der Waals surface area contributed by atoms with Crippen LogP contribution in [0.1, 0.15) is 49.5 Å². The summed E-state index contributed by atoms with van der Waals surface area (Å²) in [7, 11) is 0. The summed E-state index contributed by atoms with van der Waals surface area (Å²) in [6, 6.07) is 7.06. The smallest absolute Gasteiger partial charge is 0.251 e. The lowest BCUT2D eigenvalue weighted by molar-refractivity contribution is -0.135. The van der Waals surface area contributed by atoms with E-state index in [1.807, 2.05) is 44.7 Å². The largest absolute Gasteiger partial charge is 0.341 e. The Kier molecular flexibility index (Phi) is 6.59. The van der Waals surface area contributed by atoms with E-state index < -0.39 is 6.04 Å². The first-order valence-electron chi connectivity index (χ1n) is 9.21. The van der Waals surface area contributed by atoms with Crippen molar-refractivity contribution in [3.05, 3.63) is 35.4 Å². The molecule has 1 aliphatic rings. The topological polar surface area (TPSA) is 75.4 Å². The number of carbonyl (C=O) groups is 2. The van der Waals surface area contributed by atoms with Crippen LogP contribution in [0.25, 0.3) is 0 Å². The molecule has 138 valence electrons. The molecule has 2 unspecified atom stereocenters. The number of aryl methyl sites for hydroxylation is 1. The van der Waals surface area contributed by atoms with Crippen LogP contribution in [0.15, 0.2) is 24.3 Å². The molecule has 1 aliphatic heterocycles. The van der Waals surface area contributed by atoms with Crippen molar-refractivity contribution in [1.29, 1.82) is 0 Å². The van der Waals surface area contributed by atoms with Gasteiger partial charge in [0.15, 0.2) is 0 Å². The number of nitrogens with one attached hydrogen (secondary N) is 1. The minimum absolute atomic E-state index is 0.0126. The van der Waals surface area contributed by atoms with Gasteiger partial charge in [-0.1, -0.05) is 31.5 Å². The molecule has 5 heteroatoms. The normalized spacial score (nSPS) is 18.1. The molecule has 0 spiro atoms. The van der Waals surface area contributed by atoms with E-state index in [4.69, 9.17) is 5.73 Å². The van der Waals surface area contributed by atoms with Gasteiger partial charge in [0, 0.05) is 24.7 Å². The maximum Gasteiger partial charge on any atom is 0.251 e. The van der Waals surface area contributed by atoms with E-state index in [9.17, 15) is 9.59 Å². The van der Waals surface area contributed by atoms with Crippen LogP contribution in [0.4, 0.5) is 0 Å². The Morgan fingerprint density at radius 1 is 1.12 bits per heavy atom. The minimum atomic E-state index is -0.499. The molecule has 0 aromatic heterocycles. The van der Waals surface area contributed by atoms with Gasteiger partial charge in [-0.2, -0.15) is 0 Å². The van der Waals surface area contributed by atoms with Crippen LogP contribution < -0.4 is 11.1 Å². The van der Waals surface area contributed by atoms with Gasteiger partial charge in [-0.15, -0.1) is 0 Å². The molecule has 2 rings (SSSR count). The van der Waals surface area contributed by atoms with Crippen molar-refractivity contribution in [2.75, 3.05) is 13.1 Å². The number of rotatable bonds is 5. The standard InChI is InChI=1S/C20H31N3O2/c1-13(2)18(22-19(24)17-7-5-14(3)6-8-17)20(25)23-11-9-16(10-12-23)15(4)21/h5-8,13,15-16,18H,9-12,21H2,1-4H3,(H,22,24). The van der Waals surface area contributed by atoms with E-state index in [2.05, 4.69) is 5.32 Å². The second kappa shape index (κ2) is 8.48. The third-order valence-corrected chi connectivity index (χ3v) is 5.13. The van der Waals surface area contributed by atoms with E-state index >= 15 is 0 Å². The summed E-state index contributed by atoms with van der Waals surface area (Å²) in [5, 5.41) is 2.93. The van der Waals surface area contributed by atoms with Crippen LogP contribution in [0.3, 0.4) is 0 Å². The summed E-state index contributed by atoms with van der Waals surface area (Å²) in [6.07, 6.45) is 1.86. The Labute approximate surface area is 151 Å². The third-order valence-electron chi connectivity index (χ3n) is 5.13. The maximum absolute atomic E-state index is 12.9. The lowest BCUT2D eigenvalue weighted by Gasteiger charge is -2.36. The van der Waals surface area contributed by atoms with Crippen LogP contribution in [0.5, 0.6) is 0 Å². The minimum Gasteiger partial charge on any atom is -0.341 e. The predicted molar refractivity (Wildman–Crippen MR) is 100 cm³/mol. The molecule has 0 saturated carbocycles. The highest BCUT2D eigenvalue weighted by molar-refractivity contribution is 5.97. The molecular formula is C20H31N3O2.